The summed E-state index contributed by atoms with van der Waals surface area (Å²) in [5.41, 5.74) is 0. The van der Waals surface area contributed by atoms with Crippen molar-refractivity contribution in [2.75, 3.05) is 13.7 Å². The molecule has 0 heterocycles. The molecule has 0 saturated heterocycles. The second-order valence-corrected chi connectivity index (χ2v) is 3.71. The van der Waals surface area contributed by atoms with Gasteiger partial charge in [0.15, 0.2) is 0 Å². The number of rotatable bonds is 6. The van der Waals surface area contributed by atoms with Crippen molar-refractivity contribution >= 4 is 24.4 Å². The highest BCUT2D eigenvalue weighted by atomic mass is 32.1. The van der Waals surface area contributed by atoms with Crippen molar-refractivity contribution in [3.05, 3.63) is 0 Å². The minimum Gasteiger partial charge on any atom is -0.460 e. The molecular weight excluding hydrogens is 204 g/mol. The van der Waals surface area contributed by atoms with Crippen LogP contribution in [0.5, 0.6) is 0 Å². The van der Waals surface area contributed by atoms with Crippen LogP contribution in [0.15, 0.2) is 0 Å². The predicted molar refractivity (Wildman–Crippen MR) is 55.5 cm³/mol. The van der Waals surface area contributed by atoms with E-state index in [0.717, 1.165) is 0 Å². The number of methoxy groups -OCH3 is 1. The molecule has 0 spiro atoms. The summed E-state index contributed by atoms with van der Waals surface area (Å²) in [4.78, 5) is 21.9. The highest BCUT2D eigenvalue weighted by molar-refractivity contribution is 7.81. The summed E-state index contributed by atoms with van der Waals surface area (Å²) in [6, 6.07) is 0. The van der Waals surface area contributed by atoms with Crippen molar-refractivity contribution in [1.29, 1.82) is 0 Å². The maximum absolute atomic E-state index is 11.2. The van der Waals surface area contributed by atoms with Crippen LogP contribution in [0.1, 0.15) is 20.3 Å². The lowest BCUT2D eigenvalue weighted by Gasteiger charge is -2.13. The van der Waals surface area contributed by atoms with Gasteiger partial charge < -0.3 is 9.47 Å². The lowest BCUT2D eigenvalue weighted by atomic mass is 10.2. The molecule has 0 aromatic heterocycles. The predicted octanol–water partition coefficient (Wildman–Crippen LogP) is 0.842. The second-order valence-electron chi connectivity index (χ2n) is 3.09. The Morgan fingerprint density at radius 1 is 1.43 bits per heavy atom. The van der Waals surface area contributed by atoms with E-state index >= 15 is 0 Å². The molecule has 0 amide bonds. The lowest BCUT2D eigenvalue weighted by Crippen LogP contribution is -2.23. The van der Waals surface area contributed by atoms with Crippen LogP contribution in [-0.4, -0.2) is 36.8 Å². The van der Waals surface area contributed by atoms with Gasteiger partial charge in [0.05, 0.1) is 18.3 Å². The first-order valence-corrected chi connectivity index (χ1v) is 4.86. The topological polar surface area (TPSA) is 52.6 Å². The van der Waals surface area contributed by atoms with E-state index in [4.69, 9.17) is 9.47 Å². The zero-order chi connectivity index (χ0) is 11.1. The maximum atomic E-state index is 11.2. The quantitative estimate of drug-likeness (QED) is 0.532. The van der Waals surface area contributed by atoms with Gasteiger partial charge in [-0.2, -0.15) is 12.6 Å². The Labute approximate surface area is 89.4 Å². The SMILES string of the molecule is COCC(C)OC(=O)CC(S)C(C)=O. The number of esters is 1. The van der Waals surface area contributed by atoms with E-state index in [9.17, 15) is 9.59 Å². The van der Waals surface area contributed by atoms with E-state index in [2.05, 4.69) is 12.6 Å². The molecule has 0 aliphatic carbocycles. The van der Waals surface area contributed by atoms with Crippen molar-refractivity contribution in [2.45, 2.75) is 31.6 Å². The first-order valence-electron chi connectivity index (χ1n) is 4.34. The molecule has 0 radical (unpaired) electrons. The zero-order valence-corrected chi connectivity index (χ0v) is 9.54. The molecule has 0 aliphatic rings. The highest BCUT2D eigenvalue weighted by Crippen LogP contribution is 2.05. The Hall–Kier alpha value is -0.550. The van der Waals surface area contributed by atoms with E-state index in [0.29, 0.717) is 6.61 Å². The molecule has 0 N–H and O–H groups in total. The summed E-state index contributed by atoms with van der Waals surface area (Å²) < 4.78 is 9.74. The standard InChI is InChI=1S/C9H16O4S/c1-6(5-12-3)13-9(11)4-8(14)7(2)10/h6,8,14H,4-5H2,1-3H3. The van der Waals surface area contributed by atoms with Gasteiger partial charge in [-0.05, 0) is 13.8 Å². The van der Waals surface area contributed by atoms with Crippen LogP contribution in [-0.2, 0) is 19.1 Å². The van der Waals surface area contributed by atoms with E-state index in [1.165, 1.54) is 14.0 Å². The van der Waals surface area contributed by atoms with Crippen LogP contribution in [0.2, 0.25) is 0 Å². The molecule has 0 aliphatic heterocycles. The third kappa shape index (κ3) is 5.99. The van der Waals surface area contributed by atoms with Gasteiger partial charge in [-0.3, -0.25) is 9.59 Å². The van der Waals surface area contributed by atoms with Crippen LogP contribution in [0.25, 0.3) is 0 Å². The fourth-order valence-electron chi connectivity index (χ4n) is 0.843. The lowest BCUT2D eigenvalue weighted by molar-refractivity contribution is -0.151. The van der Waals surface area contributed by atoms with Crippen molar-refractivity contribution in [1.82, 2.24) is 0 Å². The van der Waals surface area contributed by atoms with Gasteiger partial charge in [-0.25, -0.2) is 0 Å². The minimum atomic E-state index is -0.572. The first kappa shape index (κ1) is 13.4. The van der Waals surface area contributed by atoms with Gasteiger partial charge in [-0.15, -0.1) is 0 Å². The highest BCUT2D eigenvalue weighted by Gasteiger charge is 2.16. The fourth-order valence-corrected chi connectivity index (χ4v) is 0.992. The molecule has 0 bridgehead atoms. The summed E-state index contributed by atoms with van der Waals surface area (Å²) in [5, 5.41) is -0.572. The zero-order valence-electron chi connectivity index (χ0n) is 8.65. The third-order valence-electron chi connectivity index (χ3n) is 1.56. The summed E-state index contributed by atoms with van der Waals surface area (Å²) in [5.74, 6) is -0.561. The van der Waals surface area contributed by atoms with E-state index in [-0.39, 0.29) is 18.3 Å². The molecule has 0 aromatic carbocycles. The molecule has 0 fully saturated rings. The van der Waals surface area contributed by atoms with E-state index in [1.54, 1.807) is 6.92 Å². The smallest absolute Gasteiger partial charge is 0.307 e. The van der Waals surface area contributed by atoms with Gasteiger partial charge in [0.2, 0.25) is 0 Å². The number of Topliss-reactive ketones (excluding diaryl/α,β-unsaturated/α-hetero) is 1. The Kier molecular flexibility index (Phi) is 6.57. The third-order valence-corrected chi connectivity index (χ3v) is 2.11. The van der Waals surface area contributed by atoms with Crippen LogP contribution in [0, 0.1) is 0 Å². The summed E-state index contributed by atoms with van der Waals surface area (Å²) in [7, 11) is 1.53. The Morgan fingerprint density at radius 2 is 2.00 bits per heavy atom. The van der Waals surface area contributed by atoms with Crippen LogP contribution in [0.4, 0.5) is 0 Å². The second kappa shape index (κ2) is 6.84. The molecule has 0 rings (SSSR count). The molecule has 2 unspecified atom stereocenters. The molecule has 5 heteroatoms. The molecule has 14 heavy (non-hydrogen) atoms. The summed E-state index contributed by atoms with van der Waals surface area (Å²) in [6.45, 7) is 3.47. The summed E-state index contributed by atoms with van der Waals surface area (Å²) in [6.07, 6.45) is -0.285. The van der Waals surface area contributed by atoms with Gasteiger partial charge in [0.25, 0.3) is 0 Å². The first-order chi connectivity index (χ1) is 6.47. The van der Waals surface area contributed by atoms with E-state index < -0.39 is 11.2 Å². The molecule has 82 valence electrons. The number of hydrogen-bond donors (Lipinski definition) is 1. The Balaban J connectivity index is 3.80. The van der Waals surface area contributed by atoms with Gasteiger partial charge in [-0.1, -0.05) is 0 Å². The molecule has 0 saturated carbocycles. The molecular formula is C9H16O4S. The maximum Gasteiger partial charge on any atom is 0.307 e. The van der Waals surface area contributed by atoms with Crippen molar-refractivity contribution in [3.8, 4) is 0 Å². The van der Waals surface area contributed by atoms with Crippen LogP contribution < -0.4 is 0 Å². The number of carbonyl (C=O) groups excluding carboxylic acids is 2. The van der Waals surface area contributed by atoms with E-state index in [1.807, 2.05) is 0 Å². The van der Waals surface area contributed by atoms with Crippen LogP contribution in [0.3, 0.4) is 0 Å². The monoisotopic (exact) mass is 220 g/mol. The number of carbonyl (C=O) groups is 2. The fraction of sp³-hybridized carbons (Fsp3) is 0.778. The molecule has 2 atom stereocenters. The average Bonchev–Trinajstić information content (AvgIpc) is 2.03. The number of ketones is 1. The Bertz CT molecular complexity index is 205. The van der Waals surface area contributed by atoms with Crippen molar-refractivity contribution in [3.63, 3.8) is 0 Å². The molecule has 4 nitrogen and oxygen atoms in total. The molecule has 0 aromatic rings. The minimum absolute atomic E-state index is 0.00645. The normalized spacial score (nSPS) is 14.6. The van der Waals surface area contributed by atoms with Gasteiger partial charge in [0, 0.05) is 7.11 Å². The number of ether oxygens (including phenoxy) is 2. The largest absolute Gasteiger partial charge is 0.460 e. The van der Waals surface area contributed by atoms with Crippen LogP contribution >= 0.6 is 12.6 Å². The Morgan fingerprint density at radius 3 is 2.43 bits per heavy atom. The van der Waals surface area contributed by atoms with Gasteiger partial charge >= 0.3 is 5.97 Å². The average molecular weight is 220 g/mol. The number of hydrogen-bond acceptors (Lipinski definition) is 5. The summed E-state index contributed by atoms with van der Waals surface area (Å²) >= 11 is 3.96. The van der Waals surface area contributed by atoms with Gasteiger partial charge in [0.1, 0.15) is 11.9 Å². The van der Waals surface area contributed by atoms with Crippen molar-refractivity contribution < 1.29 is 19.1 Å². The van der Waals surface area contributed by atoms with Crippen molar-refractivity contribution in [2.24, 2.45) is 0 Å². The number of thiol groups is 1.